The topological polar surface area (TPSA) is 50.2 Å². The van der Waals surface area contributed by atoms with Crippen molar-refractivity contribution in [1.29, 1.82) is 0 Å². The van der Waals surface area contributed by atoms with Crippen molar-refractivity contribution in [3.63, 3.8) is 0 Å². The lowest BCUT2D eigenvalue weighted by Gasteiger charge is -2.05. The number of aromatic nitrogens is 1. The van der Waals surface area contributed by atoms with Gasteiger partial charge in [0.15, 0.2) is 0 Å². The van der Waals surface area contributed by atoms with Gasteiger partial charge in [0.25, 0.3) is 0 Å². The van der Waals surface area contributed by atoms with Crippen LogP contribution in [-0.4, -0.2) is 16.1 Å². The van der Waals surface area contributed by atoms with Crippen molar-refractivity contribution in [3.05, 3.63) is 60.4 Å². The zero-order chi connectivity index (χ0) is 13.1. The number of aryl methyl sites for hydroxylation is 1. The van der Waals surface area contributed by atoms with Gasteiger partial charge < -0.3 is 5.11 Å². The van der Waals surface area contributed by atoms with Crippen molar-refractivity contribution in [2.45, 2.75) is 6.92 Å². The number of carboxylic acid groups (broad SMARTS) is 1. The third-order valence-corrected chi connectivity index (χ3v) is 2.73. The second kappa shape index (κ2) is 4.84. The van der Waals surface area contributed by atoms with E-state index in [0.29, 0.717) is 5.56 Å². The molecular formula is C15H13NO2. The molecule has 0 aliphatic carbocycles. The minimum atomic E-state index is -1.03. The first kappa shape index (κ1) is 12.0. The molecule has 18 heavy (non-hydrogen) atoms. The molecule has 90 valence electrons. The fourth-order valence-electron chi connectivity index (χ4n) is 1.63. The van der Waals surface area contributed by atoms with Crippen molar-refractivity contribution in [1.82, 2.24) is 4.98 Å². The Kier molecular flexibility index (Phi) is 3.24. The average molecular weight is 239 g/mol. The van der Waals surface area contributed by atoms with E-state index in [2.05, 4.69) is 11.6 Å². The Morgan fingerprint density at radius 2 is 1.83 bits per heavy atom. The van der Waals surface area contributed by atoms with Crippen LogP contribution in [0.2, 0.25) is 0 Å². The molecule has 1 aromatic carbocycles. The highest BCUT2D eigenvalue weighted by Crippen LogP contribution is 2.22. The highest BCUT2D eigenvalue weighted by Gasteiger charge is 2.08. The maximum atomic E-state index is 10.9. The Morgan fingerprint density at radius 3 is 2.44 bits per heavy atom. The second-order valence-corrected chi connectivity index (χ2v) is 4.11. The van der Waals surface area contributed by atoms with E-state index in [4.69, 9.17) is 5.11 Å². The van der Waals surface area contributed by atoms with Gasteiger partial charge in [-0.05, 0) is 18.6 Å². The molecule has 2 aromatic rings. The summed E-state index contributed by atoms with van der Waals surface area (Å²) in [6.45, 7) is 5.55. The Labute approximate surface area is 105 Å². The van der Waals surface area contributed by atoms with Crippen LogP contribution < -0.4 is 0 Å². The molecule has 1 N–H and O–H groups in total. The van der Waals surface area contributed by atoms with Gasteiger partial charge in [-0.2, -0.15) is 0 Å². The van der Waals surface area contributed by atoms with Gasteiger partial charge in [-0.1, -0.05) is 36.4 Å². The van der Waals surface area contributed by atoms with Gasteiger partial charge in [-0.15, -0.1) is 0 Å². The maximum Gasteiger partial charge on any atom is 0.335 e. The summed E-state index contributed by atoms with van der Waals surface area (Å²) in [5.74, 6) is -1.03. The molecule has 0 aliphatic heterocycles. The molecule has 0 unspecified atom stereocenters. The maximum absolute atomic E-state index is 10.9. The summed E-state index contributed by atoms with van der Waals surface area (Å²) < 4.78 is 0. The highest BCUT2D eigenvalue weighted by molar-refractivity contribution is 6.14. The van der Waals surface area contributed by atoms with Crippen molar-refractivity contribution >= 4 is 11.5 Å². The molecule has 3 nitrogen and oxygen atoms in total. The number of hydrogen-bond acceptors (Lipinski definition) is 2. The quantitative estimate of drug-likeness (QED) is 0.837. The Balaban J connectivity index is 2.41. The van der Waals surface area contributed by atoms with Crippen LogP contribution in [0.15, 0.2) is 49.3 Å². The van der Waals surface area contributed by atoms with Gasteiger partial charge in [0.1, 0.15) is 0 Å². The normalized spacial score (nSPS) is 10.1. The van der Waals surface area contributed by atoms with Gasteiger partial charge >= 0.3 is 5.97 Å². The summed E-state index contributed by atoms with van der Waals surface area (Å²) in [5.41, 5.74) is 3.65. The predicted octanol–water partition coefficient (Wildman–Crippen LogP) is 3.15. The van der Waals surface area contributed by atoms with E-state index in [1.165, 1.54) is 11.8 Å². The molecule has 0 saturated heterocycles. The van der Waals surface area contributed by atoms with E-state index in [9.17, 15) is 4.79 Å². The summed E-state index contributed by atoms with van der Waals surface area (Å²) in [5, 5.41) is 8.91. The number of rotatable bonds is 3. The summed E-state index contributed by atoms with van der Waals surface area (Å²) >= 11 is 0. The summed E-state index contributed by atoms with van der Waals surface area (Å²) in [6, 6.07) is 9.77. The molecule has 0 amide bonds. The fraction of sp³-hybridized carbons (Fsp3) is 0.0667. The van der Waals surface area contributed by atoms with E-state index in [-0.39, 0.29) is 5.57 Å². The van der Waals surface area contributed by atoms with E-state index < -0.39 is 5.97 Å². The zero-order valence-electron chi connectivity index (χ0n) is 10.1. The molecule has 0 radical (unpaired) electrons. The first-order valence-electron chi connectivity index (χ1n) is 5.52. The number of pyridine rings is 1. The Bertz CT molecular complexity index is 600. The lowest BCUT2D eigenvalue weighted by atomic mass is 10.0. The van der Waals surface area contributed by atoms with Gasteiger partial charge in [0, 0.05) is 23.5 Å². The first-order valence-corrected chi connectivity index (χ1v) is 5.52. The van der Waals surface area contributed by atoms with Gasteiger partial charge in [0.05, 0.1) is 5.57 Å². The van der Waals surface area contributed by atoms with Crippen LogP contribution in [0.3, 0.4) is 0 Å². The molecule has 2 rings (SSSR count). The van der Waals surface area contributed by atoms with E-state index >= 15 is 0 Å². The SMILES string of the molecule is C=C(C(=O)O)c1cncc(-c2ccc(C)cc2)c1. The van der Waals surface area contributed by atoms with Crippen LogP contribution in [0, 0.1) is 6.92 Å². The average Bonchev–Trinajstić information content (AvgIpc) is 2.38. The first-order chi connectivity index (χ1) is 8.58. The molecule has 3 heteroatoms. The number of hydrogen-bond donors (Lipinski definition) is 1. The van der Waals surface area contributed by atoms with E-state index in [1.54, 1.807) is 12.3 Å². The van der Waals surface area contributed by atoms with Crippen LogP contribution in [0.5, 0.6) is 0 Å². The number of carboxylic acids is 1. The van der Waals surface area contributed by atoms with E-state index in [0.717, 1.165) is 11.1 Å². The summed E-state index contributed by atoms with van der Waals surface area (Å²) in [7, 11) is 0. The molecule has 0 bridgehead atoms. The molecular weight excluding hydrogens is 226 g/mol. The van der Waals surface area contributed by atoms with Gasteiger partial charge in [0.2, 0.25) is 0 Å². The van der Waals surface area contributed by atoms with Crippen LogP contribution in [0.1, 0.15) is 11.1 Å². The molecule has 1 heterocycles. The standard InChI is InChI=1S/C15H13NO2/c1-10-3-5-12(6-4-10)14-7-13(8-16-9-14)11(2)15(17)18/h3-9H,2H2,1H3,(H,17,18). The Morgan fingerprint density at radius 1 is 1.17 bits per heavy atom. The van der Waals surface area contributed by atoms with Crippen LogP contribution >= 0.6 is 0 Å². The fourth-order valence-corrected chi connectivity index (χ4v) is 1.63. The molecule has 0 fully saturated rings. The number of benzene rings is 1. The summed E-state index contributed by atoms with van der Waals surface area (Å²) in [4.78, 5) is 14.9. The number of aliphatic carboxylic acids is 1. The molecule has 0 aliphatic rings. The lowest BCUT2D eigenvalue weighted by Crippen LogP contribution is -1.98. The van der Waals surface area contributed by atoms with Crippen molar-refractivity contribution in [3.8, 4) is 11.1 Å². The minimum absolute atomic E-state index is 0.0523. The highest BCUT2D eigenvalue weighted by atomic mass is 16.4. The van der Waals surface area contributed by atoms with Crippen LogP contribution in [0.4, 0.5) is 0 Å². The lowest BCUT2D eigenvalue weighted by molar-refractivity contribution is -0.130. The third-order valence-electron chi connectivity index (χ3n) is 2.73. The molecule has 0 spiro atoms. The van der Waals surface area contributed by atoms with Gasteiger partial charge in [-0.25, -0.2) is 4.79 Å². The largest absolute Gasteiger partial charge is 0.478 e. The predicted molar refractivity (Wildman–Crippen MR) is 71.1 cm³/mol. The van der Waals surface area contributed by atoms with Crippen molar-refractivity contribution in [2.75, 3.05) is 0 Å². The second-order valence-electron chi connectivity index (χ2n) is 4.11. The third kappa shape index (κ3) is 2.46. The number of carbonyl (C=O) groups is 1. The van der Waals surface area contributed by atoms with Crippen LogP contribution in [0.25, 0.3) is 16.7 Å². The molecule has 1 aromatic heterocycles. The van der Waals surface area contributed by atoms with E-state index in [1.807, 2.05) is 31.2 Å². The smallest absolute Gasteiger partial charge is 0.335 e. The molecule has 0 atom stereocenters. The Hall–Kier alpha value is -2.42. The minimum Gasteiger partial charge on any atom is -0.478 e. The van der Waals surface area contributed by atoms with Crippen molar-refractivity contribution < 1.29 is 9.90 Å². The van der Waals surface area contributed by atoms with Crippen LogP contribution in [-0.2, 0) is 4.79 Å². The zero-order valence-corrected chi connectivity index (χ0v) is 10.1. The van der Waals surface area contributed by atoms with Crippen molar-refractivity contribution in [2.24, 2.45) is 0 Å². The monoisotopic (exact) mass is 239 g/mol. The van der Waals surface area contributed by atoms with Gasteiger partial charge in [-0.3, -0.25) is 4.98 Å². The number of nitrogens with zero attached hydrogens (tertiary/aromatic N) is 1. The molecule has 0 saturated carbocycles. The summed E-state index contributed by atoms with van der Waals surface area (Å²) in [6.07, 6.45) is 3.22.